The third-order valence-electron chi connectivity index (χ3n) is 2.41. The Morgan fingerprint density at radius 1 is 1.26 bits per heavy atom. The van der Waals surface area contributed by atoms with Gasteiger partial charge in [0.15, 0.2) is 5.82 Å². The molecule has 2 rings (SSSR count). The average molecular weight is 322 g/mol. The summed E-state index contributed by atoms with van der Waals surface area (Å²) in [6, 6.07) is 6.29. The number of rotatable bonds is 4. The van der Waals surface area contributed by atoms with Crippen LogP contribution in [0.15, 0.2) is 28.9 Å². The zero-order chi connectivity index (χ0) is 13.8. The predicted molar refractivity (Wildman–Crippen MR) is 80.7 cm³/mol. The average Bonchev–Trinajstić information content (AvgIpc) is 2.33. The minimum Gasteiger partial charge on any atom is -0.351 e. The molecule has 0 aliphatic heterocycles. The van der Waals surface area contributed by atoms with E-state index >= 15 is 0 Å². The highest BCUT2D eigenvalue weighted by molar-refractivity contribution is 9.10. The van der Waals surface area contributed by atoms with Crippen LogP contribution in [0.4, 0.5) is 17.5 Å². The van der Waals surface area contributed by atoms with Crippen molar-refractivity contribution in [3.8, 4) is 0 Å². The fraction of sp³-hybridized carbons (Fsp3) is 0.308. The van der Waals surface area contributed by atoms with E-state index in [1.54, 1.807) is 6.20 Å². The number of hydrogen-bond donors (Lipinski definition) is 2. The molecule has 5 nitrogen and oxygen atoms in total. The zero-order valence-corrected chi connectivity index (χ0v) is 12.7. The fourth-order valence-corrected chi connectivity index (χ4v) is 1.80. The lowest BCUT2D eigenvalue weighted by atomic mass is 10.2. The molecule has 0 bridgehead atoms. The lowest BCUT2D eigenvalue weighted by Crippen LogP contribution is -2.13. The van der Waals surface area contributed by atoms with Crippen molar-refractivity contribution in [1.82, 2.24) is 15.2 Å². The first-order valence-corrected chi connectivity index (χ1v) is 6.83. The van der Waals surface area contributed by atoms with Crippen LogP contribution in [0, 0.1) is 6.92 Å². The van der Waals surface area contributed by atoms with E-state index in [9.17, 15) is 0 Å². The van der Waals surface area contributed by atoms with E-state index in [4.69, 9.17) is 0 Å². The third kappa shape index (κ3) is 3.89. The highest BCUT2D eigenvalue weighted by atomic mass is 79.9. The molecule has 1 aromatic carbocycles. The number of aromatic nitrogens is 3. The first-order chi connectivity index (χ1) is 9.04. The molecule has 0 unspecified atom stereocenters. The summed E-state index contributed by atoms with van der Waals surface area (Å²) in [5, 5.41) is 14.2. The highest BCUT2D eigenvalue weighted by Gasteiger charge is 2.03. The molecule has 0 radical (unpaired) electrons. The van der Waals surface area contributed by atoms with Crippen molar-refractivity contribution in [3.05, 3.63) is 34.4 Å². The van der Waals surface area contributed by atoms with Gasteiger partial charge in [0.2, 0.25) is 5.95 Å². The maximum absolute atomic E-state index is 4.35. The van der Waals surface area contributed by atoms with Crippen molar-refractivity contribution in [2.45, 2.75) is 26.8 Å². The van der Waals surface area contributed by atoms with Crippen LogP contribution in [0.5, 0.6) is 0 Å². The highest BCUT2D eigenvalue weighted by Crippen LogP contribution is 2.22. The Bertz CT molecular complexity index is 571. The minimum absolute atomic E-state index is 0.270. The van der Waals surface area contributed by atoms with Crippen molar-refractivity contribution in [3.63, 3.8) is 0 Å². The number of anilines is 3. The number of hydrogen-bond acceptors (Lipinski definition) is 5. The summed E-state index contributed by atoms with van der Waals surface area (Å²) in [4.78, 5) is 4.35. The molecule has 1 aromatic heterocycles. The normalized spacial score (nSPS) is 10.6. The van der Waals surface area contributed by atoms with Crippen molar-refractivity contribution < 1.29 is 0 Å². The summed E-state index contributed by atoms with van der Waals surface area (Å²) in [7, 11) is 0. The van der Waals surface area contributed by atoms with Gasteiger partial charge in [-0.3, -0.25) is 0 Å². The molecule has 0 fully saturated rings. The van der Waals surface area contributed by atoms with Gasteiger partial charge in [-0.25, -0.2) is 0 Å². The van der Waals surface area contributed by atoms with E-state index in [2.05, 4.69) is 41.7 Å². The Morgan fingerprint density at radius 2 is 2.05 bits per heavy atom. The maximum atomic E-state index is 4.35. The molecule has 6 heteroatoms. The molecule has 0 saturated heterocycles. The second-order valence-corrected chi connectivity index (χ2v) is 5.41. The Kier molecular flexibility index (Phi) is 4.31. The Hall–Kier alpha value is -1.69. The van der Waals surface area contributed by atoms with Gasteiger partial charge in [0.1, 0.15) is 0 Å². The topological polar surface area (TPSA) is 62.7 Å². The summed E-state index contributed by atoms with van der Waals surface area (Å²) in [6.07, 6.45) is 1.60. The summed E-state index contributed by atoms with van der Waals surface area (Å²) in [5.41, 5.74) is 2.13. The molecule has 0 aliphatic rings. The minimum atomic E-state index is 0.270. The predicted octanol–water partition coefficient (Wildman–Crippen LogP) is 3.51. The van der Waals surface area contributed by atoms with Gasteiger partial charge in [0, 0.05) is 16.2 Å². The van der Waals surface area contributed by atoms with Crippen LogP contribution in [0.25, 0.3) is 0 Å². The fourth-order valence-electron chi connectivity index (χ4n) is 1.55. The maximum Gasteiger partial charge on any atom is 0.244 e. The molecule has 0 saturated carbocycles. The molecule has 0 spiro atoms. The molecule has 0 aliphatic carbocycles. The standard InChI is InChI=1S/C13H16BrN5/c1-8(2)16-13-18-12(7-15-19-13)17-10-4-5-11(14)9(3)6-10/h4-8H,1-3H3,(H2,16,17,18,19). The van der Waals surface area contributed by atoms with Gasteiger partial charge < -0.3 is 10.6 Å². The summed E-state index contributed by atoms with van der Waals surface area (Å²) >= 11 is 3.48. The number of aryl methyl sites for hydroxylation is 1. The van der Waals surface area contributed by atoms with Crippen LogP contribution in [-0.4, -0.2) is 21.2 Å². The van der Waals surface area contributed by atoms with Crippen LogP contribution in [-0.2, 0) is 0 Å². The Labute approximate surface area is 121 Å². The molecular formula is C13H16BrN5. The molecule has 2 N–H and O–H groups in total. The van der Waals surface area contributed by atoms with Gasteiger partial charge in [0.05, 0.1) is 6.20 Å². The number of halogens is 1. The quantitative estimate of drug-likeness (QED) is 0.902. The van der Waals surface area contributed by atoms with E-state index in [1.807, 2.05) is 39.0 Å². The van der Waals surface area contributed by atoms with E-state index in [0.717, 1.165) is 15.7 Å². The number of nitrogens with one attached hydrogen (secondary N) is 2. The number of nitrogens with zero attached hydrogens (tertiary/aromatic N) is 3. The van der Waals surface area contributed by atoms with E-state index in [-0.39, 0.29) is 6.04 Å². The molecular weight excluding hydrogens is 306 g/mol. The van der Waals surface area contributed by atoms with Gasteiger partial charge in [0.25, 0.3) is 0 Å². The number of benzene rings is 1. The Balaban J connectivity index is 2.16. The van der Waals surface area contributed by atoms with Crippen LogP contribution >= 0.6 is 15.9 Å². The van der Waals surface area contributed by atoms with Crippen LogP contribution < -0.4 is 10.6 Å². The lowest BCUT2D eigenvalue weighted by Gasteiger charge is -2.10. The second kappa shape index (κ2) is 5.97. The second-order valence-electron chi connectivity index (χ2n) is 4.55. The van der Waals surface area contributed by atoms with Crippen LogP contribution in [0.1, 0.15) is 19.4 Å². The zero-order valence-electron chi connectivity index (χ0n) is 11.1. The first-order valence-electron chi connectivity index (χ1n) is 6.04. The van der Waals surface area contributed by atoms with E-state index in [0.29, 0.717) is 11.8 Å². The smallest absolute Gasteiger partial charge is 0.244 e. The third-order valence-corrected chi connectivity index (χ3v) is 3.30. The molecule has 0 atom stereocenters. The van der Waals surface area contributed by atoms with Gasteiger partial charge in [-0.1, -0.05) is 15.9 Å². The summed E-state index contributed by atoms with van der Waals surface area (Å²) in [5.74, 6) is 1.19. The van der Waals surface area contributed by atoms with Crippen LogP contribution in [0.2, 0.25) is 0 Å². The van der Waals surface area contributed by atoms with Crippen molar-refractivity contribution in [2.75, 3.05) is 10.6 Å². The first kappa shape index (κ1) is 13.7. The Morgan fingerprint density at radius 3 is 2.74 bits per heavy atom. The summed E-state index contributed by atoms with van der Waals surface area (Å²) in [6.45, 7) is 6.10. The summed E-state index contributed by atoms with van der Waals surface area (Å²) < 4.78 is 1.08. The SMILES string of the molecule is Cc1cc(Nc2cnnc(NC(C)C)n2)ccc1Br. The molecule has 1 heterocycles. The van der Waals surface area contributed by atoms with Gasteiger partial charge >= 0.3 is 0 Å². The van der Waals surface area contributed by atoms with Crippen molar-refractivity contribution >= 4 is 33.4 Å². The molecule has 2 aromatic rings. The molecule has 100 valence electrons. The monoisotopic (exact) mass is 321 g/mol. The lowest BCUT2D eigenvalue weighted by molar-refractivity contribution is 0.852. The largest absolute Gasteiger partial charge is 0.351 e. The van der Waals surface area contributed by atoms with Gasteiger partial charge in [-0.2, -0.15) is 10.1 Å². The molecule has 19 heavy (non-hydrogen) atoms. The van der Waals surface area contributed by atoms with Crippen molar-refractivity contribution in [1.29, 1.82) is 0 Å². The van der Waals surface area contributed by atoms with Crippen LogP contribution in [0.3, 0.4) is 0 Å². The van der Waals surface area contributed by atoms with Gasteiger partial charge in [-0.05, 0) is 44.5 Å². The molecule has 0 amide bonds. The van der Waals surface area contributed by atoms with E-state index < -0.39 is 0 Å². The van der Waals surface area contributed by atoms with Gasteiger partial charge in [-0.15, -0.1) is 5.10 Å². The van der Waals surface area contributed by atoms with E-state index in [1.165, 1.54) is 0 Å². The van der Waals surface area contributed by atoms with Crippen molar-refractivity contribution in [2.24, 2.45) is 0 Å².